The molecule has 2 rings (SSSR count). The molecule has 0 aromatic carbocycles. The molecule has 0 aliphatic carbocycles. The van der Waals surface area contributed by atoms with E-state index in [1.807, 2.05) is 0 Å². The number of hydrogen-bond donors (Lipinski definition) is 1. The molecule has 0 fully saturated rings. The van der Waals surface area contributed by atoms with Crippen molar-refractivity contribution >= 4 is 0 Å². The van der Waals surface area contributed by atoms with Crippen molar-refractivity contribution in [3.63, 3.8) is 0 Å². The lowest BCUT2D eigenvalue weighted by Crippen LogP contribution is -2.15. The largest absolute Gasteiger partial charge is 0.481 e. The second-order valence-electron chi connectivity index (χ2n) is 2.97. The molecule has 0 saturated heterocycles. The molecule has 78 valence electrons. The smallest absolute Gasteiger partial charge is 0.347 e. The summed E-state index contributed by atoms with van der Waals surface area (Å²) in [6.45, 7) is 1.74. The number of hydrogen-bond acceptors (Lipinski definition) is 4. The topological polar surface area (TPSA) is 72.8 Å². The van der Waals surface area contributed by atoms with E-state index in [9.17, 15) is 4.79 Å². The molecule has 0 aliphatic rings. The van der Waals surface area contributed by atoms with Crippen LogP contribution in [0, 0.1) is 6.92 Å². The summed E-state index contributed by atoms with van der Waals surface area (Å²) in [5.74, 6) is 1.10. The fourth-order valence-electron chi connectivity index (χ4n) is 1.31. The van der Waals surface area contributed by atoms with Gasteiger partial charge in [-0.2, -0.15) is 5.10 Å². The molecule has 2 heterocycles. The van der Waals surface area contributed by atoms with E-state index >= 15 is 0 Å². The van der Waals surface area contributed by atoms with Crippen LogP contribution in [0.4, 0.5) is 0 Å². The monoisotopic (exact) mass is 206 g/mol. The maximum absolute atomic E-state index is 11.4. The van der Waals surface area contributed by atoms with Crippen LogP contribution in [0.1, 0.15) is 5.82 Å². The van der Waals surface area contributed by atoms with Gasteiger partial charge in [-0.1, -0.05) is 0 Å². The number of rotatable bonds is 2. The summed E-state index contributed by atoms with van der Waals surface area (Å²) in [5, 5.41) is 6.16. The van der Waals surface area contributed by atoms with E-state index in [2.05, 4.69) is 15.2 Å². The number of methoxy groups -OCH3 is 1. The highest BCUT2D eigenvalue weighted by atomic mass is 16.5. The number of aryl methyl sites for hydroxylation is 1. The number of aromatic nitrogens is 4. The maximum Gasteiger partial charge on any atom is 0.347 e. The molecular formula is C9H10N4O2. The fraction of sp³-hybridized carbons (Fsp3) is 0.222. The van der Waals surface area contributed by atoms with Gasteiger partial charge >= 0.3 is 5.69 Å². The summed E-state index contributed by atoms with van der Waals surface area (Å²) in [6.07, 6.45) is 1.56. The second kappa shape index (κ2) is 3.56. The molecule has 0 radical (unpaired) electrons. The number of aromatic amines is 1. The second-order valence-corrected chi connectivity index (χ2v) is 2.97. The zero-order chi connectivity index (χ0) is 10.8. The third kappa shape index (κ3) is 1.61. The maximum atomic E-state index is 11.4. The van der Waals surface area contributed by atoms with Gasteiger partial charge in [-0.15, -0.1) is 0 Å². The molecule has 0 saturated carbocycles. The van der Waals surface area contributed by atoms with Crippen LogP contribution < -0.4 is 10.4 Å². The van der Waals surface area contributed by atoms with Crippen molar-refractivity contribution in [1.29, 1.82) is 0 Å². The predicted molar refractivity (Wildman–Crippen MR) is 53.3 cm³/mol. The Labute approximate surface area is 85.5 Å². The Morgan fingerprint density at radius 2 is 2.27 bits per heavy atom. The van der Waals surface area contributed by atoms with Crippen molar-refractivity contribution < 1.29 is 4.74 Å². The number of H-pyrrole nitrogens is 1. The minimum atomic E-state index is -0.278. The van der Waals surface area contributed by atoms with Gasteiger partial charge in [-0.25, -0.2) is 19.4 Å². The Morgan fingerprint density at radius 3 is 2.73 bits per heavy atom. The Morgan fingerprint density at radius 1 is 1.47 bits per heavy atom. The Kier molecular flexibility index (Phi) is 2.24. The van der Waals surface area contributed by atoms with Gasteiger partial charge in [0.15, 0.2) is 0 Å². The number of nitrogens with zero attached hydrogens (tertiary/aromatic N) is 3. The SMILES string of the molecule is COc1ccc(-n2c(C)n[nH]c2=O)cn1. The first kappa shape index (κ1) is 9.45. The van der Waals surface area contributed by atoms with Gasteiger partial charge in [0.1, 0.15) is 5.82 Å². The molecule has 0 spiro atoms. The molecule has 6 heteroatoms. The fourth-order valence-corrected chi connectivity index (χ4v) is 1.31. The van der Waals surface area contributed by atoms with E-state index in [0.29, 0.717) is 17.4 Å². The highest BCUT2D eigenvalue weighted by molar-refractivity contribution is 5.31. The molecule has 0 amide bonds. The van der Waals surface area contributed by atoms with Crippen molar-refractivity contribution in [3.8, 4) is 11.6 Å². The van der Waals surface area contributed by atoms with Gasteiger partial charge in [0.2, 0.25) is 5.88 Å². The minimum absolute atomic E-state index is 0.278. The zero-order valence-corrected chi connectivity index (χ0v) is 8.39. The van der Waals surface area contributed by atoms with Gasteiger partial charge in [0.25, 0.3) is 0 Å². The first-order chi connectivity index (χ1) is 7.22. The molecule has 15 heavy (non-hydrogen) atoms. The molecule has 0 bridgehead atoms. The first-order valence-corrected chi connectivity index (χ1v) is 4.37. The van der Waals surface area contributed by atoms with E-state index in [1.165, 1.54) is 11.7 Å². The van der Waals surface area contributed by atoms with Crippen molar-refractivity contribution in [2.24, 2.45) is 0 Å². The average molecular weight is 206 g/mol. The lowest BCUT2D eigenvalue weighted by molar-refractivity contribution is 0.398. The van der Waals surface area contributed by atoms with Crippen molar-refractivity contribution in [2.75, 3.05) is 7.11 Å². The molecule has 0 aliphatic heterocycles. The van der Waals surface area contributed by atoms with Crippen LogP contribution in [-0.2, 0) is 0 Å². The summed E-state index contributed by atoms with van der Waals surface area (Å²) in [7, 11) is 1.54. The quantitative estimate of drug-likeness (QED) is 0.765. The highest BCUT2D eigenvalue weighted by Gasteiger charge is 2.06. The lowest BCUT2D eigenvalue weighted by Gasteiger charge is -2.02. The molecule has 0 unspecified atom stereocenters. The first-order valence-electron chi connectivity index (χ1n) is 4.37. The van der Waals surface area contributed by atoms with E-state index in [0.717, 1.165) is 0 Å². The van der Waals surface area contributed by atoms with E-state index in [-0.39, 0.29) is 5.69 Å². The Hall–Kier alpha value is -2.11. The lowest BCUT2D eigenvalue weighted by atomic mass is 10.4. The number of ether oxygens (including phenoxy) is 1. The van der Waals surface area contributed by atoms with E-state index < -0.39 is 0 Å². The standard InChI is InChI=1S/C9H10N4O2/c1-6-11-12-9(14)13(6)7-3-4-8(15-2)10-5-7/h3-5H,1-2H3,(H,12,14). The summed E-state index contributed by atoms with van der Waals surface area (Å²) in [4.78, 5) is 15.4. The molecule has 1 N–H and O–H groups in total. The summed E-state index contributed by atoms with van der Waals surface area (Å²) in [6, 6.07) is 3.43. The van der Waals surface area contributed by atoms with Crippen LogP contribution in [0.3, 0.4) is 0 Å². The van der Waals surface area contributed by atoms with Gasteiger partial charge in [-0.05, 0) is 13.0 Å². The van der Waals surface area contributed by atoms with Crippen LogP contribution in [0.5, 0.6) is 5.88 Å². The molecule has 2 aromatic rings. The minimum Gasteiger partial charge on any atom is -0.481 e. The van der Waals surface area contributed by atoms with E-state index in [1.54, 1.807) is 25.3 Å². The Balaban J connectivity index is 2.50. The third-order valence-electron chi connectivity index (χ3n) is 2.03. The normalized spacial score (nSPS) is 10.3. The average Bonchev–Trinajstić information content (AvgIpc) is 2.59. The van der Waals surface area contributed by atoms with Crippen LogP contribution >= 0.6 is 0 Å². The summed E-state index contributed by atoms with van der Waals surface area (Å²) >= 11 is 0. The summed E-state index contributed by atoms with van der Waals surface area (Å²) < 4.78 is 6.36. The number of nitrogens with one attached hydrogen (secondary N) is 1. The van der Waals surface area contributed by atoms with Crippen molar-refractivity contribution in [3.05, 3.63) is 34.6 Å². The zero-order valence-electron chi connectivity index (χ0n) is 8.39. The van der Waals surface area contributed by atoms with Crippen molar-refractivity contribution in [2.45, 2.75) is 6.92 Å². The summed E-state index contributed by atoms with van der Waals surface area (Å²) in [5.41, 5.74) is 0.381. The van der Waals surface area contributed by atoms with Crippen LogP contribution in [0.2, 0.25) is 0 Å². The molecule has 2 aromatic heterocycles. The molecular weight excluding hydrogens is 196 g/mol. The highest BCUT2D eigenvalue weighted by Crippen LogP contribution is 2.09. The molecule has 0 atom stereocenters. The van der Waals surface area contributed by atoms with E-state index in [4.69, 9.17) is 4.74 Å². The predicted octanol–water partition coefficient (Wildman–Crippen LogP) is 0.273. The van der Waals surface area contributed by atoms with Crippen molar-refractivity contribution in [1.82, 2.24) is 19.7 Å². The third-order valence-corrected chi connectivity index (χ3v) is 2.03. The van der Waals surface area contributed by atoms with Crippen LogP contribution in [0.25, 0.3) is 5.69 Å². The van der Waals surface area contributed by atoms with Gasteiger partial charge < -0.3 is 4.74 Å². The van der Waals surface area contributed by atoms with Gasteiger partial charge in [0, 0.05) is 6.07 Å². The van der Waals surface area contributed by atoms with Gasteiger partial charge in [-0.3, -0.25) is 0 Å². The molecule has 6 nitrogen and oxygen atoms in total. The van der Waals surface area contributed by atoms with Crippen LogP contribution in [-0.4, -0.2) is 26.9 Å². The van der Waals surface area contributed by atoms with Gasteiger partial charge in [0.05, 0.1) is 19.0 Å². The Bertz CT molecular complexity index is 512. The number of pyridine rings is 1. The van der Waals surface area contributed by atoms with Crippen LogP contribution in [0.15, 0.2) is 23.1 Å².